The molecule has 1 heterocycles. The second-order valence-corrected chi connectivity index (χ2v) is 10.8. The minimum atomic E-state index is -3.94. The van der Waals surface area contributed by atoms with E-state index in [0.29, 0.717) is 22.8 Å². The van der Waals surface area contributed by atoms with Crippen molar-refractivity contribution in [3.63, 3.8) is 0 Å². The van der Waals surface area contributed by atoms with Crippen LogP contribution in [0.25, 0.3) is 0 Å². The monoisotopic (exact) mass is 489 g/mol. The molecular weight excluding hydrogens is 466 g/mol. The van der Waals surface area contributed by atoms with Crippen LogP contribution < -0.4 is 14.3 Å². The molecule has 2 N–H and O–H groups in total. The van der Waals surface area contributed by atoms with Crippen LogP contribution in [0.3, 0.4) is 0 Å². The molecule has 12 heteroatoms. The van der Waals surface area contributed by atoms with Gasteiger partial charge < -0.3 is 5.32 Å². The van der Waals surface area contributed by atoms with Crippen LogP contribution in [-0.2, 0) is 24.8 Å². The van der Waals surface area contributed by atoms with Crippen LogP contribution in [-0.4, -0.2) is 45.5 Å². The second-order valence-electron chi connectivity index (χ2n) is 7.26. The lowest BCUT2D eigenvalue weighted by Crippen LogP contribution is -2.37. The summed E-state index contributed by atoms with van der Waals surface area (Å²) in [7, 11) is -7.64. The molecule has 174 valence electrons. The van der Waals surface area contributed by atoms with Crippen molar-refractivity contribution in [2.24, 2.45) is 0 Å². The van der Waals surface area contributed by atoms with E-state index in [0.717, 1.165) is 10.6 Å². The van der Waals surface area contributed by atoms with Gasteiger partial charge in [-0.1, -0.05) is 18.2 Å². The van der Waals surface area contributed by atoms with Gasteiger partial charge in [-0.3, -0.25) is 9.10 Å². The number of nitrogens with zero attached hydrogens (tertiary/aromatic N) is 3. The van der Waals surface area contributed by atoms with Gasteiger partial charge in [0.25, 0.3) is 10.0 Å². The fourth-order valence-corrected chi connectivity index (χ4v) is 4.79. The van der Waals surface area contributed by atoms with Gasteiger partial charge >= 0.3 is 0 Å². The van der Waals surface area contributed by atoms with Crippen LogP contribution in [0.5, 0.6) is 0 Å². The normalized spacial score (nSPS) is 11.6. The lowest BCUT2D eigenvalue weighted by molar-refractivity contribution is -0.114. The van der Waals surface area contributed by atoms with E-state index >= 15 is 0 Å². The molecule has 0 aliphatic rings. The smallest absolute Gasteiger partial charge is 0.264 e. The van der Waals surface area contributed by atoms with Crippen molar-refractivity contribution in [2.45, 2.75) is 18.7 Å². The first kappa shape index (κ1) is 24.1. The molecule has 0 saturated carbocycles. The summed E-state index contributed by atoms with van der Waals surface area (Å²) < 4.78 is 52.8. The molecule has 3 rings (SSSR count). The highest BCUT2D eigenvalue weighted by Gasteiger charge is 2.21. The Labute approximate surface area is 192 Å². The lowest BCUT2D eigenvalue weighted by Gasteiger charge is -2.21. The number of hydrogen-bond donors (Lipinski definition) is 2. The third-order valence-corrected chi connectivity index (χ3v) is 6.87. The summed E-state index contributed by atoms with van der Waals surface area (Å²) in [5.74, 6) is -0.617. The van der Waals surface area contributed by atoms with Crippen molar-refractivity contribution in [3.05, 3.63) is 72.1 Å². The van der Waals surface area contributed by atoms with Gasteiger partial charge in [0.15, 0.2) is 0 Å². The van der Waals surface area contributed by atoms with Crippen LogP contribution in [0.4, 0.5) is 17.3 Å². The quantitative estimate of drug-likeness (QED) is 0.495. The zero-order valence-electron chi connectivity index (χ0n) is 18.2. The maximum absolute atomic E-state index is 12.6. The Morgan fingerprint density at radius 3 is 2.03 bits per heavy atom. The SMILES string of the molecule is Cc1cc(C)nc(NS(=O)(=O)c2ccc(NC(=O)CN(c3ccccc3)S(C)(=O)=O)cc2)n1. The Hall–Kier alpha value is -3.51. The zero-order valence-corrected chi connectivity index (χ0v) is 19.8. The first-order valence-electron chi connectivity index (χ1n) is 9.72. The molecule has 3 aromatic rings. The van der Waals surface area contributed by atoms with Crippen LogP contribution in [0.1, 0.15) is 11.4 Å². The third-order valence-electron chi connectivity index (χ3n) is 4.39. The number of benzene rings is 2. The van der Waals surface area contributed by atoms with Crippen molar-refractivity contribution in [3.8, 4) is 0 Å². The Kier molecular flexibility index (Phi) is 6.98. The molecule has 1 amide bonds. The Bertz CT molecular complexity index is 1340. The fraction of sp³-hybridized carbons (Fsp3) is 0.190. The van der Waals surface area contributed by atoms with E-state index < -0.39 is 32.5 Å². The van der Waals surface area contributed by atoms with Crippen molar-refractivity contribution in [1.82, 2.24) is 9.97 Å². The van der Waals surface area contributed by atoms with Crippen LogP contribution in [0, 0.1) is 13.8 Å². The predicted molar refractivity (Wildman–Crippen MR) is 126 cm³/mol. The highest BCUT2D eigenvalue weighted by atomic mass is 32.2. The first-order valence-corrected chi connectivity index (χ1v) is 13.0. The van der Waals surface area contributed by atoms with Crippen LogP contribution >= 0.6 is 0 Å². The Balaban J connectivity index is 1.71. The van der Waals surface area contributed by atoms with Gasteiger partial charge in [0.1, 0.15) is 6.54 Å². The minimum Gasteiger partial charge on any atom is -0.325 e. The largest absolute Gasteiger partial charge is 0.325 e. The van der Waals surface area contributed by atoms with Gasteiger partial charge in [-0.2, -0.15) is 0 Å². The second kappa shape index (κ2) is 9.55. The fourth-order valence-electron chi connectivity index (χ4n) is 2.99. The highest BCUT2D eigenvalue weighted by molar-refractivity contribution is 7.92. The van der Waals surface area contributed by atoms with Gasteiger partial charge in [0.05, 0.1) is 16.8 Å². The highest BCUT2D eigenvalue weighted by Crippen LogP contribution is 2.19. The topological polar surface area (TPSA) is 138 Å². The minimum absolute atomic E-state index is 0.0355. The average molecular weight is 490 g/mol. The van der Waals surface area contributed by atoms with Gasteiger partial charge in [-0.15, -0.1) is 0 Å². The Morgan fingerprint density at radius 1 is 0.909 bits per heavy atom. The molecule has 0 aliphatic heterocycles. The standard InChI is InChI=1S/C21H23N5O5S2/c1-15-13-16(2)23-21(22-15)25-33(30,31)19-11-9-17(10-12-19)24-20(27)14-26(32(3,28)29)18-7-5-4-6-8-18/h4-13H,14H2,1-3H3,(H,24,27)(H,22,23,25). The Morgan fingerprint density at radius 2 is 1.48 bits per heavy atom. The molecule has 0 bridgehead atoms. The number of amides is 1. The van der Waals surface area contributed by atoms with Crippen molar-refractivity contribution >= 4 is 43.3 Å². The molecule has 0 unspecified atom stereocenters. The number of nitrogens with one attached hydrogen (secondary N) is 2. The number of hydrogen-bond acceptors (Lipinski definition) is 7. The molecule has 1 aromatic heterocycles. The molecule has 0 saturated heterocycles. The van der Waals surface area contributed by atoms with Crippen LogP contribution in [0.2, 0.25) is 0 Å². The zero-order chi connectivity index (χ0) is 24.2. The van der Waals surface area contributed by atoms with Crippen molar-refractivity contribution in [1.29, 1.82) is 0 Å². The third kappa shape index (κ3) is 6.49. The summed E-state index contributed by atoms with van der Waals surface area (Å²) in [6.45, 7) is 3.02. The molecule has 33 heavy (non-hydrogen) atoms. The van der Waals surface area contributed by atoms with Crippen molar-refractivity contribution < 1.29 is 21.6 Å². The number of rotatable bonds is 8. The molecule has 0 fully saturated rings. The molecule has 2 aromatic carbocycles. The van der Waals surface area contributed by atoms with E-state index in [1.807, 2.05) is 0 Å². The summed E-state index contributed by atoms with van der Waals surface area (Å²) in [5.41, 5.74) is 1.91. The summed E-state index contributed by atoms with van der Waals surface area (Å²) in [4.78, 5) is 20.5. The van der Waals surface area contributed by atoms with E-state index in [1.54, 1.807) is 50.2 Å². The van der Waals surface area contributed by atoms with E-state index in [2.05, 4.69) is 20.0 Å². The lowest BCUT2D eigenvalue weighted by atomic mass is 10.3. The van der Waals surface area contributed by atoms with E-state index in [9.17, 15) is 21.6 Å². The molecule has 0 atom stereocenters. The van der Waals surface area contributed by atoms with E-state index in [-0.39, 0.29) is 10.8 Å². The number of aryl methyl sites for hydroxylation is 2. The molecule has 0 aliphatic carbocycles. The van der Waals surface area contributed by atoms with Gasteiger partial charge in [0.2, 0.25) is 21.9 Å². The molecule has 0 radical (unpaired) electrons. The number of para-hydroxylation sites is 1. The average Bonchev–Trinajstić information content (AvgIpc) is 2.71. The van der Waals surface area contributed by atoms with Gasteiger partial charge in [0, 0.05) is 17.1 Å². The summed E-state index contributed by atoms with van der Waals surface area (Å²) >= 11 is 0. The van der Waals surface area contributed by atoms with Crippen LogP contribution in [0.15, 0.2) is 65.6 Å². The molecule has 10 nitrogen and oxygen atoms in total. The van der Waals surface area contributed by atoms with Gasteiger partial charge in [-0.25, -0.2) is 31.5 Å². The van der Waals surface area contributed by atoms with E-state index in [4.69, 9.17) is 0 Å². The molecule has 0 spiro atoms. The number of anilines is 3. The number of carbonyl (C=O) groups is 1. The first-order chi connectivity index (χ1) is 15.4. The number of aromatic nitrogens is 2. The predicted octanol–water partition coefficient (Wildman–Crippen LogP) is 2.30. The van der Waals surface area contributed by atoms with Gasteiger partial charge in [-0.05, 0) is 56.3 Å². The van der Waals surface area contributed by atoms with E-state index in [1.165, 1.54) is 24.3 Å². The summed E-state index contributed by atoms with van der Waals surface area (Å²) in [6, 6.07) is 15.4. The maximum atomic E-state index is 12.6. The maximum Gasteiger partial charge on any atom is 0.264 e. The number of sulfonamides is 2. The number of carbonyl (C=O) groups excluding carboxylic acids is 1. The van der Waals surface area contributed by atoms with Crippen molar-refractivity contribution in [2.75, 3.05) is 27.1 Å². The molecular formula is C21H23N5O5S2. The summed E-state index contributed by atoms with van der Waals surface area (Å²) in [6.07, 6.45) is 1.01. The summed E-state index contributed by atoms with van der Waals surface area (Å²) in [5, 5.41) is 2.57.